The van der Waals surface area contributed by atoms with Crippen LogP contribution in [-0.4, -0.2) is 49.1 Å². The zero-order valence-corrected chi connectivity index (χ0v) is 14.0. The number of thiophene rings is 1. The van der Waals surface area contributed by atoms with Gasteiger partial charge in [0.2, 0.25) is 0 Å². The maximum atomic E-state index is 12.3. The Labute approximate surface area is 140 Å². The number of urea groups is 1. The quantitative estimate of drug-likeness (QED) is 0.936. The summed E-state index contributed by atoms with van der Waals surface area (Å²) in [6.07, 6.45) is 0. The Kier molecular flexibility index (Phi) is 5.15. The molecule has 0 radical (unpaired) electrons. The summed E-state index contributed by atoms with van der Waals surface area (Å²) in [6, 6.07) is 11.6. The lowest BCUT2D eigenvalue weighted by Crippen LogP contribution is -2.49. The van der Waals surface area contributed by atoms with Gasteiger partial charge in [0.05, 0.1) is 7.11 Å². The third-order valence-corrected chi connectivity index (χ3v) is 4.82. The average Bonchev–Trinajstić information content (AvgIpc) is 3.09. The van der Waals surface area contributed by atoms with Gasteiger partial charge in [0.25, 0.3) is 0 Å². The second-order valence-electron chi connectivity index (χ2n) is 5.50. The molecule has 0 bridgehead atoms. The number of rotatable bonds is 4. The van der Waals surface area contributed by atoms with E-state index in [1.807, 2.05) is 29.2 Å². The van der Waals surface area contributed by atoms with E-state index in [9.17, 15) is 4.79 Å². The van der Waals surface area contributed by atoms with Crippen LogP contribution in [0.15, 0.2) is 41.8 Å². The van der Waals surface area contributed by atoms with Crippen LogP contribution in [0.4, 0.5) is 10.5 Å². The largest absolute Gasteiger partial charge is 0.497 e. The SMILES string of the molecule is COc1ccc(NC(=O)N2CCN(Cc3cccs3)CC2)cc1. The molecule has 1 aliphatic rings. The maximum Gasteiger partial charge on any atom is 0.321 e. The summed E-state index contributed by atoms with van der Waals surface area (Å²) >= 11 is 1.78. The molecule has 1 aromatic heterocycles. The van der Waals surface area contributed by atoms with Crippen molar-refractivity contribution >= 4 is 23.1 Å². The molecule has 0 saturated carbocycles. The molecule has 3 rings (SSSR count). The second-order valence-corrected chi connectivity index (χ2v) is 6.53. The number of piperazine rings is 1. The number of benzene rings is 1. The predicted octanol–water partition coefficient (Wildman–Crippen LogP) is 3.11. The molecule has 6 heteroatoms. The average molecular weight is 331 g/mol. The van der Waals surface area contributed by atoms with Crippen molar-refractivity contribution in [2.75, 3.05) is 38.6 Å². The summed E-state index contributed by atoms with van der Waals surface area (Å²) in [4.78, 5) is 18.0. The summed E-state index contributed by atoms with van der Waals surface area (Å²) < 4.78 is 5.12. The van der Waals surface area contributed by atoms with Crippen molar-refractivity contribution in [3.05, 3.63) is 46.7 Å². The van der Waals surface area contributed by atoms with Crippen LogP contribution in [-0.2, 0) is 6.54 Å². The molecular formula is C17H21N3O2S. The van der Waals surface area contributed by atoms with Crippen LogP contribution in [0.1, 0.15) is 4.88 Å². The Bertz CT molecular complexity index is 620. The Hall–Kier alpha value is -2.05. The van der Waals surface area contributed by atoms with Gasteiger partial charge in [0.15, 0.2) is 0 Å². The Morgan fingerprint density at radius 3 is 2.52 bits per heavy atom. The Balaban J connectivity index is 1.47. The van der Waals surface area contributed by atoms with Gasteiger partial charge in [-0.3, -0.25) is 4.90 Å². The number of hydrogen-bond donors (Lipinski definition) is 1. The number of hydrogen-bond acceptors (Lipinski definition) is 4. The molecule has 0 spiro atoms. The molecule has 2 aromatic rings. The van der Waals surface area contributed by atoms with Crippen LogP contribution < -0.4 is 10.1 Å². The summed E-state index contributed by atoms with van der Waals surface area (Å²) in [5, 5.41) is 5.04. The zero-order valence-electron chi connectivity index (χ0n) is 13.2. The standard InChI is InChI=1S/C17H21N3O2S/c1-22-15-6-4-14(5-7-15)18-17(21)20-10-8-19(9-11-20)13-16-3-2-12-23-16/h2-7,12H,8-11,13H2,1H3,(H,18,21). The number of carbonyl (C=O) groups is 1. The van der Waals surface area contributed by atoms with Crippen LogP contribution in [0.5, 0.6) is 5.75 Å². The topological polar surface area (TPSA) is 44.8 Å². The molecule has 1 fully saturated rings. The van der Waals surface area contributed by atoms with E-state index in [-0.39, 0.29) is 6.03 Å². The second kappa shape index (κ2) is 7.48. The third kappa shape index (κ3) is 4.24. The van der Waals surface area contributed by atoms with Gasteiger partial charge in [-0.1, -0.05) is 6.07 Å². The predicted molar refractivity (Wildman–Crippen MR) is 93.2 cm³/mol. The first-order valence-electron chi connectivity index (χ1n) is 7.69. The first-order valence-corrected chi connectivity index (χ1v) is 8.57. The van der Waals surface area contributed by atoms with E-state index in [0.717, 1.165) is 44.2 Å². The third-order valence-electron chi connectivity index (χ3n) is 3.96. The summed E-state index contributed by atoms with van der Waals surface area (Å²) in [6.45, 7) is 4.31. The lowest BCUT2D eigenvalue weighted by molar-refractivity contribution is 0.143. The number of amides is 2. The van der Waals surface area contributed by atoms with Gasteiger partial charge in [-0.15, -0.1) is 11.3 Å². The minimum atomic E-state index is -0.0362. The van der Waals surface area contributed by atoms with Crippen molar-refractivity contribution in [1.29, 1.82) is 0 Å². The fraction of sp³-hybridized carbons (Fsp3) is 0.353. The van der Waals surface area contributed by atoms with E-state index in [0.29, 0.717) is 0 Å². The van der Waals surface area contributed by atoms with Crippen molar-refractivity contribution in [2.45, 2.75) is 6.54 Å². The Morgan fingerprint density at radius 1 is 1.17 bits per heavy atom. The first-order chi connectivity index (χ1) is 11.2. The van der Waals surface area contributed by atoms with Crippen molar-refractivity contribution in [3.8, 4) is 5.75 Å². The lowest BCUT2D eigenvalue weighted by Gasteiger charge is -2.34. The van der Waals surface area contributed by atoms with E-state index >= 15 is 0 Å². The molecule has 122 valence electrons. The van der Waals surface area contributed by atoms with Gasteiger partial charge in [-0.25, -0.2) is 4.79 Å². The van der Waals surface area contributed by atoms with E-state index in [4.69, 9.17) is 4.74 Å². The van der Waals surface area contributed by atoms with Crippen molar-refractivity contribution < 1.29 is 9.53 Å². The normalized spacial score (nSPS) is 15.4. The monoisotopic (exact) mass is 331 g/mol. The molecule has 5 nitrogen and oxygen atoms in total. The Morgan fingerprint density at radius 2 is 1.91 bits per heavy atom. The van der Waals surface area contributed by atoms with E-state index in [2.05, 4.69) is 27.7 Å². The van der Waals surface area contributed by atoms with Gasteiger partial charge in [0, 0.05) is 43.3 Å². The number of carbonyl (C=O) groups excluding carboxylic acids is 1. The molecule has 1 aliphatic heterocycles. The maximum absolute atomic E-state index is 12.3. The van der Waals surface area contributed by atoms with Crippen LogP contribution >= 0.6 is 11.3 Å². The van der Waals surface area contributed by atoms with Crippen molar-refractivity contribution in [2.24, 2.45) is 0 Å². The molecule has 23 heavy (non-hydrogen) atoms. The number of nitrogens with zero attached hydrogens (tertiary/aromatic N) is 2. The number of anilines is 1. The molecule has 1 saturated heterocycles. The minimum absolute atomic E-state index is 0.0362. The number of ether oxygens (including phenoxy) is 1. The summed E-state index contributed by atoms with van der Waals surface area (Å²) in [5.74, 6) is 0.783. The minimum Gasteiger partial charge on any atom is -0.497 e. The van der Waals surface area contributed by atoms with Gasteiger partial charge in [-0.2, -0.15) is 0 Å². The fourth-order valence-corrected chi connectivity index (χ4v) is 3.36. The number of methoxy groups -OCH3 is 1. The molecule has 0 atom stereocenters. The molecular weight excluding hydrogens is 310 g/mol. The highest BCUT2D eigenvalue weighted by Crippen LogP contribution is 2.17. The van der Waals surface area contributed by atoms with Gasteiger partial charge >= 0.3 is 6.03 Å². The van der Waals surface area contributed by atoms with E-state index in [1.165, 1.54) is 4.88 Å². The summed E-state index contributed by atoms with van der Waals surface area (Å²) in [5.41, 5.74) is 0.789. The highest BCUT2D eigenvalue weighted by atomic mass is 32.1. The van der Waals surface area contributed by atoms with Gasteiger partial charge < -0.3 is 15.0 Å². The van der Waals surface area contributed by atoms with Crippen LogP contribution in [0.25, 0.3) is 0 Å². The van der Waals surface area contributed by atoms with E-state index in [1.54, 1.807) is 18.4 Å². The smallest absolute Gasteiger partial charge is 0.321 e. The molecule has 0 unspecified atom stereocenters. The van der Waals surface area contributed by atoms with E-state index < -0.39 is 0 Å². The van der Waals surface area contributed by atoms with Crippen molar-refractivity contribution in [1.82, 2.24) is 9.80 Å². The highest BCUT2D eigenvalue weighted by Gasteiger charge is 2.21. The molecule has 1 N–H and O–H groups in total. The van der Waals surface area contributed by atoms with Crippen molar-refractivity contribution in [3.63, 3.8) is 0 Å². The molecule has 2 heterocycles. The summed E-state index contributed by atoms with van der Waals surface area (Å²) in [7, 11) is 1.63. The zero-order chi connectivity index (χ0) is 16.1. The van der Waals surface area contributed by atoms with Crippen LogP contribution in [0, 0.1) is 0 Å². The van der Waals surface area contributed by atoms with Gasteiger partial charge in [-0.05, 0) is 35.7 Å². The van der Waals surface area contributed by atoms with Gasteiger partial charge in [0.1, 0.15) is 5.75 Å². The highest BCUT2D eigenvalue weighted by molar-refractivity contribution is 7.09. The molecule has 2 amide bonds. The molecule has 1 aromatic carbocycles. The lowest BCUT2D eigenvalue weighted by atomic mass is 10.3. The fourth-order valence-electron chi connectivity index (χ4n) is 2.61. The number of nitrogens with one attached hydrogen (secondary N) is 1. The van der Waals surface area contributed by atoms with Crippen LogP contribution in [0.2, 0.25) is 0 Å². The van der Waals surface area contributed by atoms with Crippen LogP contribution in [0.3, 0.4) is 0 Å². The molecule has 0 aliphatic carbocycles. The first kappa shape index (κ1) is 15.8.